The summed E-state index contributed by atoms with van der Waals surface area (Å²) in [6.07, 6.45) is 0.202. The molecule has 2 aromatic rings. The van der Waals surface area contributed by atoms with E-state index in [4.69, 9.17) is 4.74 Å². The molecule has 0 spiro atoms. The fraction of sp³-hybridized carbons (Fsp3) is 0.529. The molecule has 3 heteroatoms. The SMILES string of the molecule is CCNC(c1cccc2ccsc12)C(OCC)C(C)C. The van der Waals surface area contributed by atoms with Crippen LogP contribution in [0.4, 0.5) is 0 Å². The second kappa shape index (κ2) is 7.21. The van der Waals surface area contributed by atoms with Crippen LogP contribution in [0.25, 0.3) is 10.1 Å². The van der Waals surface area contributed by atoms with Gasteiger partial charge in [-0.2, -0.15) is 0 Å². The van der Waals surface area contributed by atoms with Crippen LogP contribution in [0, 0.1) is 5.92 Å². The van der Waals surface area contributed by atoms with E-state index in [0.717, 1.165) is 13.2 Å². The first-order valence-electron chi connectivity index (χ1n) is 7.50. The van der Waals surface area contributed by atoms with E-state index >= 15 is 0 Å². The van der Waals surface area contributed by atoms with E-state index in [2.05, 4.69) is 62.7 Å². The van der Waals surface area contributed by atoms with Crippen molar-refractivity contribution in [2.24, 2.45) is 5.92 Å². The highest BCUT2D eigenvalue weighted by molar-refractivity contribution is 7.17. The summed E-state index contributed by atoms with van der Waals surface area (Å²) in [7, 11) is 0. The molecule has 0 amide bonds. The predicted octanol–water partition coefficient (Wildman–Crippen LogP) is 4.61. The van der Waals surface area contributed by atoms with Gasteiger partial charge >= 0.3 is 0 Å². The zero-order valence-corrected chi connectivity index (χ0v) is 13.7. The van der Waals surface area contributed by atoms with Crippen molar-refractivity contribution < 1.29 is 4.74 Å². The van der Waals surface area contributed by atoms with Crippen molar-refractivity contribution in [1.82, 2.24) is 5.32 Å². The molecular formula is C17H25NOS. The molecular weight excluding hydrogens is 266 g/mol. The van der Waals surface area contributed by atoms with Crippen LogP contribution in [0.3, 0.4) is 0 Å². The number of likely N-dealkylation sites (N-methyl/N-ethyl adjacent to an activating group) is 1. The quantitative estimate of drug-likeness (QED) is 0.804. The fourth-order valence-electron chi connectivity index (χ4n) is 2.75. The predicted molar refractivity (Wildman–Crippen MR) is 88.5 cm³/mol. The van der Waals surface area contributed by atoms with Gasteiger partial charge in [-0.15, -0.1) is 11.3 Å². The van der Waals surface area contributed by atoms with Crippen LogP contribution < -0.4 is 5.32 Å². The molecule has 0 aliphatic heterocycles. The normalized spacial score (nSPS) is 14.8. The highest BCUT2D eigenvalue weighted by Crippen LogP contribution is 2.33. The van der Waals surface area contributed by atoms with Crippen LogP contribution in [0.1, 0.15) is 39.3 Å². The van der Waals surface area contributed by atoms with Gasteiger partial charge in [0.2, 0.25) is 0 Å². The van der Waals surface area contributed by atoms with Crippen LogP contribution in [0.5, 0.6) is 0 Å². The molecule has 2 unspecified atom stereocenters. The Hall–Kier alpha value is -0.900. The average molecular weight is 291 g/mol. The summed E-state index contributed by atoms with van der Waals surface area (Å²) in [5, 5.41) is 7.13. The molecule has 2 atom stereocenters. The van der Waals surface area contributed by atoms with Crippen molar-refractivity contribution in [2.45, 2.75) is 39.8 Å². The molecule has 0 saturated carbocycles. The summed E-state index contributed by atoms with van der Waals surface area (Å²) >= 11 is 1.82. The molecule has 20 heavy (non-hydrogen) atoms. The summed E-state index contributed by atoms with van der Waals surface area (Å²) in [5.41, 5.74) is 1.37. The van der Waals surface area contributed by atoms with Gasteiger partial charge in [0.25, 0.3) is 0 Å². The maximum absolute atomic E-state index is 6.04. The van der Waals surface area contributed by atoms with E-state index < -0.39 is 0 Å². The second-order valence-electron chi connectivity index (χ2n) is 5.39. The van der Waals surface area contributed by atoms with Crippen molar-refractivity contribution in [3.63, 3.8) is 0 Å². The van der Waals surface area contributed by atoms with Crippen LogP contribution >= 0.6 is 11.3 Å². The number of fused-ring (bicyclic) bond motifs is 1. The number of hydrogen-bond donors (Lipinski definition) is 1. The lowest BCUT2D eigenvalue weighted by molar-refractivity contribution is 0.00355. The van der Waals surface area contributed by atoms with Crippen LogP contribution in [0.15, 0.2) is 29.6 Å². The molecule has 0 radical (unpaired) electrons. The Bertz CT molecular complexity index is 535. The lowest BCUT2D eigenvalue weighted by Crippen LogP contribution is -2.37. The second-order valence-corrected chi connectivity index (χ2v) is 6.30. The number of ether oxygens (including phenoxy) is 1. The van der Waals surface area contributed by atoms with Gasteiger partial charge in [0.1, 0.15) is 0 Å². The highest BCUT2D eigenvalue weighted by Gasteiger charge is 2.27. The first-order chi connectivity index (χ1) is 9.69. The minimum atomic E-state index is 0.202. The lowest BCUT2D eigenvalue weighted by Gasteiger charge is -2.31. The molecule has 1 N–H and O–H groups in total. The summed E-state index contributed by atoms with van der Waals surface area (Å²) in [4.78, 5) is 0. The first kappa shape index (κ1) is 15.5. The molecule has 0 saturated heterocycles. The molecule has 1 aromatic carbocycles. The van der Waals surface area contributed by atoms with Crippen LogP contribution in [-0.2, 0) is 4.74 Å². The minimum absolute atomic E-state index is 0.202. The Balaban J connectivity index is 2.43. The van der Waals surface area contributed by atoms with E-state index in [0.29, 0.717) is 5.92 Å². The van der Waals surface area contributed by atoms with Crippen molar-refractivity contribution in [2.75, 3.05) is 13.2 Å². The fourth-order valence-corrected chi connectivity index (χ4v) is 3.70. The largest absolute Gasteiger partial charge is 0.376 e. The van der Waals surface area contributed by atoms with Crippen molar-refractivity contribution in [3.8, 4) is 0 Å². The Kier molecular flexibility index (Phi) is 5.58. The zero-order valence-electron chi connectivity index (χ0n) is 12.8. The first-order valence-corrected chi connectivity index (χ1v) is 8.38. The molecule has 110 valence electrons. The monoisotopic (exact) mass is 291 g/mol. The van der Waals surface area contributed by atoms with Crippen molar-refractivity contribution >= 4 is 21.4 Å². The number of nitrogens with one attached hydrogen (secondary N) is 1. The summed E-state index contributed by atoms with van der Waals surface area (Å²) < 4.78 is 7.42. The molecule has 2 rings (SSSR count). The standard InChI is InChI=1S/C17H25NOS/c1-5-18-15(16(12(3)4)19-6-2)14-9-7-8-13-10-11-20-17(13)14/h7-12,15-16,18H,5-6H2,1-4H3. The van der Waals surface area contributed by atoms with Gasteiger partial charge in [0, 0.05) is 11.3 Å². The number of hydrogen-bond acceptors (Lipinski definition) is 3. The highest BCUT2D eigenvalue weighted by atomic mass is 32.1. The minimum Gasteiger partial charge on any atom is -0.376 e. The molecule has 1 heterocycles. The smallest absolute Gasteiger partial charge is 0.0792 e. The summed E-state index contributed by atoms with van der Waals surface area (Å²) in [6, 6.07) is 9.02. The van der Waals surface area contributed by atoms with Crippen molar-refractivity contribution in [1.29, 1.82) is 0 Å². The van der Waals surface area contributed by atoms with E-state index in [-0.39, 0.29) is 12.1 Å². The Morgan fingerprint density at radius 3 is 2.65 bits per heavy atom. The topological polar surface area (TPSA) is 21.3 Å². The molecule has 0 aliphatic rings. The average Bonchev–Trinajstić information content (AvgIpc) is 2.90. The van der Waals surface area contributed by atoms with Crippen molar-refractivity contribution in [3.05, 3.63) is 35.2 Å². The van der Waals surface area contributed by atoms with E-state index in [9.17, 15) is 0 Å². The maximum Gasteiger partial charge on any atom is 0.0792 e. The zero-order chi connectivity index (χ0) is 14.5. The van der Waals surface area contributed by atoms with Gasteiger partial charge in [-0.05, 0) is 41.8 Å². The number of rotatable bonds is 7. The number of benzene rings is 1. The lowest BCUT2D eigenvalue weighted by atomic mass is 9.92. The van der Waals surface area contributed by atoms with Gasteiger partial charge in [0.15, 0.2) is 0 Å². The molecule has 1 aromatic heterocycles. The van der Waals surface area contributed by atoms with Gasteiger partial charge in [-0.3, -0.25) is 0 Å². The summed E-state index contributed by atoms with van der Waals surface area (Å²) in [5.74, 6) is 0.481. The van der Waals surface area contributed by atoms with Crippen LogP contribution in [0.2, 0.25) is 0 Å². The maximum atomic E-state index is 6.04. The van der Waals surface area contributed by atoms with Gasteiger partial charge < -0.3 is 10.1 Å². The Morgan fingerprint density at radius 1 is 1.20 bits per heavy atom. The molecule has 0 fully saturated rings. The van der Waals surface area contributed by atoms with E-state index in [1.165, 1.54) is 15.6 Å². The van der Waals surface area contributed by atoms with Gasteiger partial charge in [0.05, 0.1) is 12.1 Å². The van der Waals surface area contributed by atoms with E-state index in [1.807, 2.05) is 11.3 Å². The van der Waals surface area contributed by atoms with Crippen LogP contribution in [-0.4, -0.2) is 19.3 Å². The molecule has 0 aliphatic carbocycles. The van der Waals surface area contributed by atoms with Gasteiger partial charge in [-0.25, -0.2) is 0 Å². The van der Waals surface area contributed by atoms with Gasteiger partial charge in [-0.1, -0.05) is 39.0 Å². The Morgan fingerprint density at radius 2 is 2.00 bits per heavy atom. The Labute approximate surface area is 126 Å². The molecule has 2 nitrogen and oxygen atoms in total. The number of thiophene rings is 1. The summed E-state index contributed by atoms with van der Waals surface area (Å²) in [6.45, 7) is 10.4. The van der Waals surface area contributed by atoms with E-state index in [1.54, 1.807) is 0 Å². The third kappa shape index (κ3) is 3.22. The molecule has 0 bridgehead atoms. The third-order valence-electron chi connectivity index (χ3n) is 3.61. The third-order valence-corrected chi connectivity index (χ3v) is 4.59.